The van der Waals surface area contributed by atoms with Crippen molar-refractivity contribution in [3.63, 3.8) is 0 Å². The largest absolute Gasteiger partial charge is 0.411 e. The number of hydrogen-bond donors (Lipinski definition) is 2. The van der Waals surface area contributed by atoms with E-state index in [0.29, 0.717) is 11.4 Å². The Balaban J connectivity index is 1.63. The first-order chi connectivity index (χ1) is 15.8. The molecule has 0 spiro atoms. The number of anilines is 2. The van der Waals surface area contributed by atoms with E-state index in [-0.39, 0.29) is 37.1 Å². The molecule has 0 radical (unpaired) electrons. The molecule has 8 nitrogen and oxygen atoms in total. The van der Waals surface area contributed by atoms with E-state index in [1.165, 1.54) is 18.1 Å². The predicted molar refractivity (Wildman–Crippen MR) is 119 cm³/mol. The van der Waals surface area contributed by atoms with E-state index < -0.39 is 28.7 Å². The maximum Gasteiger partial charge on any atom is 0.293 e. The molecule has 1 unspecified atom stereocenters. The highest BCUT2D eigenvalue weighted by molar-refractivity contribution is 5.94. The minimum Gasteiger partial charge on any atom is -0.411 e. The number of hydrogen-bond acceptors (Lipinski definition) is 6. The van der Waals surface area contributed by atoms with Crippen LogP contribution >= 0.6 is 0 Å². The Bertz CT molecular complexity index is 1240. The summed E-state index contributed by atoms with van der Waals surface area (Å²) in [4.78, 5) is 36.9. The van der Waals surface area contributed by atoms with Crippen LogP contribution in [-0.4, -0.2) is 34.2 Å². The topological polar surface area (TPSA) is 102 Å². The molecule has 0 aliphatic carbocycles. The maximum absolute atomic E-state index is 14.1. The van der Waals surface area contributed by atoms with E-state index in [1.54, 1.807) is 12.1 Å². The fourth-order valence-corrected chi connectivity index (χ4v) is 3.81. The smallest absolute Gasteiger partial charge is 0.293 e. The fraction of sp³-hybridized carbons (Fsp3) is 0.261. The first-order valence-electron chi connectivity index (χ1n) is 10.3. The van der Waals surface area contributed by atoms with Crippen molar-refractivity contribution >= 4 is 17.5 Å². The minimum atomic E-state index is -0.950. The summed E-state index contributed by atoms with van der Waals surface area (Å²) in [6.45, 7) is 1.93. The summed E-state index contributed by atoms with van der Waals surface area (Å²) in [5, 5.41) is 3.17. The average molecular weight is 455 g/mol. The molecule has 1 atom stereocenters. The number of nitrogens with zero attached hydrogens (tertiary/aromatic N) is 3. The van der Waals surface area contributed by atoms with Gasteiger partial charge in [-0.1, -0.05) is 18.2 Å². The van der Waals surface area contributed by atoms with Crippen molar-refractivity contribution in [3.05, 3.63) is 86.8 Å². The van der Waals surface area contributed by atoms with E-state index in [9.17, 15) is 18.4 Å². The maximum atomic E-state index is 14.1. The number of nitrogen functional groups attached to an aromatic ring is 1. The Hall–Kier alpha value is -3.95. The minimum absolute atomic E-state index is 0.134. The lowest BCUT2D eigenvalue weighted by Crippen LogP contribution is -2.43. The molecule has 4 rings (SSSR count). The first kappa shape index (κ1) is 22.3. The third-order valence-corrected chi connectivity index (χ3v) is 5.62. The van der Waals surface area contributed by atoms with Gasteiger partial charge in [0.25, 0.3) is 11.5 Å². The van der Waals surface area contributed by atoms with Crippen LogP contribution in [0.4, 0.5) is 20.4 Å². The molecule has 1 aliphatic heterocycles. The summed E-state index contributed by atoms with van der Waals surface area (Å²) < 4.78 is 29.2. The Labute approximate surface area is 188 Å². The number of halogens is 2. The molecular formula is C23H23F2N5O3. The van der Waals surface area contributed by atoms with Gasteiger partial charge >= 0.3 is 0 Å². The van der Waals surface area contributed by atoms with Crippen LogP contribution in [0, 0.1) is 11.6 Å². The van der Waals surface area contributed by atoms with E-state index in [0.717, 1.165) is 22.4 Å². The van der Waals surface area contributed by atoms with Gasteiger partial charge in [0.2, 0.25) is 5.95 Å². The van der Waals surface area contributed by atoms with Gasteiger partial charge in [-0.15, -0.1) is 4.73 Å². The second-order valence-corrected chi connectivity index (χ2v) is 7.75. The van der Waals surface area contributed by atoms with Crippen molar-refractivity contribution in [2.24, 2.45) is 0 Å². The Morgan fingerprint density at radius 1 is 1.18 bits per heavy atom. The van der Waals surface area contributed by atoms with Gasteiger partial charge in [0.1, 0.15) is 24.3 Å². The van der Waals surface area contributed by atoms with Crippen LogP contribution < -0.4 is 21.4 Å². The summed E-state index contributed by atoms with van der Waals surface area (Å²) in [5.74, 6) is -2.51. The molecule has 10 heteroatoms. The van der Waals surface area contributed by atoms with Crippen molar-refractivity contribution in [3.8, 4) is 0 Å². The molecule has 0 fully saturated rings. The quantitative estimate of drug-likeness (QED) is 0.574. The average Bonchev–Trinajstić information content (AvgIpc) is 2.79. The second-order valence-electron chi connectivity index (χ2n) is 7.75. The number of aromatic nitrogens is 2. The van der Waals surface area contributed by atoms with Gasteiger partial charge in [-0.2, -0.15) is 0 Å². The lowest BCUT2D eigenvalue weighted by molar-refractivity contribution is 0.0718. The van der Waals surface area contributed by atoms with Gasteiger partial charge in [0.15, 0.2) is 0 Å². The Morgan fingerprint density at radius 2 is 1.85 bits per heavy atom. The molecule has 0 saturated carbocycles. The lowest BCUT2D eigenvalue weighted by Gasteiger charge is -2.29. The predicted octanol–water partition coefficient (Wildman–Crippen LogP) is 2.53. The third-order valence-electron chi connectivity index (χ3n) is 5.62. The third kappa shape index (κ3) is 4.23. The van der Waals surface area contributed by atoms with E-state index in [4.69, 9.17) is 10.6 Å². The number of rotatable bonds is 5. The number of benzene rings is 2. The standard InChI is InChI=1S/C23H23F2N5O3/c1-13(14-6-8-15(26)9-7-14)27-23-28-19-10-11-29(12-16(19)21(31)30(23)33-2)22(32)20-17(24)4-3-5-18(20)25/h3-9,13H,10-12,26H2,1-2H3,(H,27,28). The molecule has 2 aromatic carbocycles. The normalized spacial score (nSPS) is 13.9. The van der Waals surface area contributed by atoms with E-state index in [2.05, 4.69) is 10.3 Å². The molecular weight excluding hydrogens is 432 g/mol. The zero-order valence-electron chi connectivity index (χ0n) is 18.1. The highest BCUT2D eigenvalue weighted by atomic mass is 19.1. The number of nitrogens with one attached hydrogen (secondary N) is 1. The number of fused-ring (bicyclic) bond motifs is 1. The van der Waals surface area contributed by atoms with Gasteiger partial charge in [-0.05, 0) is 36.8 Å². The van der Waals surface area contributed by atoms with Crippen molar-refractivity contribution < 1.29 is 18.4 Å². The van der Waals surface area contributed by atoms with Gasteiger partial charge < -0.3 is 20.8 Å². The van der Waals surface area contributed by atoms with Crippen molar-refractivity contribution in [2.45, 2.75) is 25.9 Å². The summed E-state index contributed by atoms with van der Waals surface area (Å²) in [6.07, 6.45) is 0.252. The second kappa shape index (κ2) is 8.89. The SMILES string of the molecule is COn1c(NC(C)c2ccc(N)cc2)nc2c(c1=O)CN(C(=O)c1c(F)cccc1F)CC2. The number of nitrogens with two attached hydrogens (primary N) is 1. The molecule has 0 saturated heterocycles. The van der Waals surface area contributed by atoms with Crippen LogP contribution in [0.1, 0.15) is 40.1 Å². The summed E-state index contributed by atoms with van der Waals surface area (Å²) >= 11 is 0. The highest BCUT2D eigenvalue weighted by Gasteiger charge is 2.30. The fourth-order valence-electron chi connectivity index (χ4n) is 3.81. The number of carbonyl (C=O) groups is 1. The molecule has 1 aromatic heterocycles. The van der Waals surface area contributed by atoms with Gasteiger partial charge in [0, 0.05) is 18.7 Å². The van der Waals surface area contributed by atoms with Crippen molar-refractivity contribution in [2.75, 3.05) is 24.7 Å². The molecule has 3 N–H and O–H groups in total. The van der Waals surface area contributed by atoms with Crippen LogP contribution in [0.3, 0.4) is 0 Å². The van der Waals surface area contributed by atoms with Crippen LogP contribution in [0.5, 0.6) is 0 Å². The Morgan fingerprint density at radius 3 is 2.48 bits per heavy atom. The first-order valence-corrected chi connectivity index (χ1v) is 10.3. The molecule has 0 bridgehead atoms. The van der Waals surface area contributed by atoms with Gasteiger partial charge in [0.05, 0.1) is 23.8 Å². The number of amides is 1. The molecule has 2 heterocycles. The highest BCUT2D eigenvalue weighted by Crippen LogP contribution is 2.23. The Kier molecular flexibility index (Phi) is 5.99. The monoisotopic (exact) mass is 455 g/mol. The van der Waals surface area contributed by atoms with Crippen LogP contribution in [0.25, 0.3) is 0 Å². The zero-order chi connectivity index (χ0) is 23.7. The van der Waals surface area contributed by atoms with Crippen LogP contribution in [-0.2, 0) is 13.0 Å². The molecule has 1 aliphatic rings. The van der Waals surface area contributed by atoms with Gasteiger partial charge in [-0.25, -0.2) is 13.8 Å². The molecule has 3 aromatic rings. The summed E-state index contributed by atoms with van der Waals surface area (Å²) in [7, 11) is 1.33. The lowest BCUT2D eigenvalue weighted by atomic mass is 10.0. The molecule has 1 amide bonds. The van der Waals surface area contributed by atoms with E-state index >= 15 is 0 Å². The molecule has 33 heavy (non-hydrogen) atoms. The summed E-state index contributed by atoms with van der Waals surface area (Å²) in [5.41, 5.74) is 6.90. The van der Waals surface area contributed by atoms with E-state index in [1.807, 2.05) is 19.1 Å². The molecule has 172 valence electrons. The van der Waals surface area contributed by atoms with Crippen molar-refractivity contribution in [1.29, 1.82) is 0 Å². The van der Waals surface area contributed by atoms with Gasteiger partial charge in [-0.3, -0.25) is 9.59 Å². The summed E-state index contributed by atoms with van der Waals surface area (Å²) in [6, 6.07) is 10.3. The van der Waals surface area contributed by atoms with Crippen LogP contribution in [0.2, 0.25) is 0 Å². The number of carbonyl (C=O) groups excluding carboxylic acids is 1. The van der Waals surface area contributed by atoms with Crippen LogP contribution in [0.15, 0.2) is 47.3 Å². The zero-order valence-corrected chi connectivity index (χ0v) is 18.1. The van der Waals surface area contributed by atoms with Crippen molar-refractivity contribution in [1.82, 2.24) is 14.6 Å².